The summed E-state index contributed by atoms with van der Waals surface area (Å²) in [4.78, 5) is 14.8. The molecule has 1 saturated heterocycles. The Morgan fingerprint density at radius 3 is 2.53 bits per heavy atom. The molecule has 0 aromatic carbocycles. The van der Waals surface area contributed by atoms with Crippen LogP contribution in [-0.4, -0.2) is 42.5 Å². The van der Waals surface area contributed by atoms with Crippen LogP contribution in [0, 0.1) is 5.92 Å². The molecule has 2 unspecified atom stereocenters. The van der Waals surface area contributed by atoms with Crippen molar-refractivity contribution < 1.29 is 4.79 Å². The van der Waals surface area contributed by atoms with Gasteiger partial charge in [-0.15, -0.1) is 0 Å². The Morgan fingerprint density at radius 2 is 1.84 bits per heavy atom. The molecule has 0 aromatic rings. The predicted octanol–water partition coefficient (Wildman–Crippen LogP) is 1.49. The zero-order chi connectivity index (χ0) is 13.7. The van der Waals surface area contributed by atoms with Crippen molar-refractivity contribution in [2.45, 2.75) is 64.0 Å². The molecule has 0 spiro atoms. The van der Waals surface area contributed by atoms with Gasteiger partial charge >= 0.3 is 0 Å². The number of hydrogen-bond donors (Lipinski definition) is 2. The standard InChI is InChI=1S/C15H29N3O/c1-2-18-10-8-12(9-11-18)17-15(19)13-6-4-3-5-7-14(13)16/h12-14H,2-11,16H2,1H3,(H,17,19). The fourth-order valence-electron chi connectivity index (χ4n) is 3.36. The Labute approximate surface area is 117 Å². The maximum Gasteiger partial charge on any atom is 0.224 e. The van der Waals surface area contributed by atoms with Crippen LogP contribution >= 0.6 is 0 Å². The number of likely N-dealkylation sites (tertiary alicyclic amines) is 1. The maximum atomic E-state index is 12.4. The van der Waals surface area contributed by atoms with E-state index in [-0.39, 0.29) is 17.9 Å². The molecule has 2 rings (SSSR count). The van der Waals surface area contributed by atoms with Gasteiger partial charge in [0, 0.05) is 25.2 Å². The first-order valence-electron chi connectivity index (χ1n) is 7.99. The summed E-state index contributed by atoms with van der Waals surface area (Å²) in [6.07, 6.45) is 7.71. The quantitative estimate of drug-likeness (QED) is 0.762. The molecule has 19 heavy (non-hydrogen) atoms. The highest BCUT2D eigenvalue weighted by atomic mass is 16.2. The Kier molecular flexibility index (Phi) is 5.64. The van der Waals surface area contributed by atoms with Crippen LogP contribution in [0.5, 0.6) is 0 Å². The van der Waals surface area contributed by atoms with Gasteiger partial charge in [0.05, 0.1) is 5.92 Å². The minimum Gasteiger partial charge on any atom is -0.353 e. The van der Waals surface area contributed by atoms with Gasteiger partial charge in [-0.3, -0.25) is 4.79 Å². The fourth-order valence-corrected chi connectivity index (χ4v) is 3.36. The van der Waals surface area contributed by atoms with Crippen molar-refractivity contribution in [2.75, 3.05) is 19.6 Å². The topological polar surface area (TPSA) is 58.4 Å². The molecule has 2 aliphatic rings. The first kappa shape index (κ1) is 14.8. The van der Waals surface area contributed by atoms with E-state index in [1.54, 1.807) is 0 Å². The molecule has 1 heterocycles. The summed E-state index contributed by atoms with van der Waals surface area (Å²) in [7, 11) is 0. The number of carbonyl (C=O) groups is 1. The van der Waals surface area contributed by atoms with E-state index in [9.17, 15) is 4.79 Å². The smallest absolute Gasteiger partial charge is 0.224 e. The monoisotopic (exact) mass is 267 g/mol. The van der Waals surface area contributed by atoms with E-state index in [1.165, 1.54) is 12.8 Å². The molecule has 2 atom stereocenters. The lowest BCUT2D eigenvalue weighted by Crippen LogP contribution is -2.49. The van der Waals surface area contributed by atoms with Crippen LogP contribution in [0.15, 0.2) is 0 Å². The number of hydrogen-bond acceptors (Lipinski definition) is 3. The van der Waals surface area contributed by atoms with Crippen molar-refractivity contribution >= 4 is 5.91 Å². The van der Waals surface area contributed by atoms with Gasteiger partial charge < -0.3 is 16.0 Å². The SMILES string of the molecule is CCN1CCC(NC(=O)C2CCCCCC2N)CC1. The normalized spacial score (nSPS) is 30.8. The minimum absolute atomic E-state index is 0.0479. The van der Waals surface area contributed by atoms with E-state index < -0.39 is 0 Å². The molecule has 3 N–H and O–H groups in total. The largest absolute Gasteiger partial charge is 0.353 e. The second-order valence-corrected chi connectivity index (χ2v) is 6.13. The number of nitrogens with one attached hydrogen (secondary N) is 1. The number of amides is 1. The van der Waals surface area contributed by atoms with Gasteiger partial charge in [0.25, 0.3) is 0 Å². The van der Waals surface area contributed by atoms with Crippen molar-refractivity contribution in [3.63, 3.8) is 0 Å². The lowest BCUT2D eigenvalue weighted by Gasteiger charge is -2.32. The molecule has 4 nitrogen and oxygen atoms in total. The first-order chi connectivity index (χ1) is 9.20. The molecular formula is C15H29N3O. The van der Waals surface area contributed by atoms with Gasteiger partial charge in [0.1, 0.15) is 0 Å². The van der Waals surface area contributed by atoms with Crippen LogP contribution in [0.25, 0.3) is 0 Å². The van der Waals surface area contributed by atoms with Crippen molar-refractivity contribution in [3.05, 3.63) is 0 Å². The zero-order valence-corrected chi connectivity index (χ0v) is 12.2. The second kappa shape index (κ2) is 7.25. The lowest BCUT2D eigenvalue weighted by molar-refractivity contribution is -0.126. The highest BCUT2D eigenvalue weighted by molar-refractivity contribution is 5.79. The highest BCUT2D eigenvalue weighted by Crippen LogP contribution is 2.23. The summed E-state index contributed by atoms with van der Waals surface area (Å²) in [5.74, 6) is 0.260. The predicted molar refractivity (Wildman–Crippen MR) is 77.8 cm³/mol. The molecule has 2 fully saturated rings. The molecule has 0 bridgehead atoms. The summed E-state index contributed by atoms with van der Waals surface area (Å²) in [6.45, 7) is 5.54. The Hall–Kier alpha value is -0.610. The summed E-state index contributed by atoms with van der Waals surface area (Å²) in [5, 5.41) is 3.25. The second-order valence-electron chi connectivity index (χ2n) is 6.13. The molecule has 110 valence electrons. The van der Waals surface area contributed by atoms with Crippen molar-refractivity contribution in [2.24, 2.45) is 11.7 Å². The summed E-state index contributed by atoms with van der Waals surface area (Å²) in [5.41, 5.74) is 6.16. The first-order valence-corrected chi connectivity index (χ1v) is 7.99. The molecular weight excluding hydrogens is 238 g/mol. The van der Waals surface area contributed by atoms with Gasteiger partial charge in [-0.2, -0.15) is 0 Å². The van der Waals surface area contributed by atoms with E-state index in [0.29, 0.717) is 6.04 Å². The van der Waals surface area contributed by atoms with Gasteiger partial charge in [0.15, 0.2) is 0 Å². The van der Waals surface area contributed by atoms with Crippen molar-refractivity contribution in [1.29, 1.82) is 0 Å². The summed E-state index contributed by atoms with van der Waals surface area (Å²) < 4.78 is 0. The molecule has 1 aliphatic heterocycles. The van der Waals surface area contributed by atoms with Crippen LogP contribution in [0.4, 0.5) is 0 Å². The number of carbonyl (C=O) groups excluding carboxylic acids is 1. The number of rotatable bonds is 3. The molecule has 1 amide bonds. The van der Waals surface area contributed by atoms with Gasteiger partial charge in [-0.1, -0.05) is 26.2 Å². The van der Waals surface area contributed by atoms with E-state index in [4.69, 9.17) is 5.73 Å². The minimum atomic E-state index is 0.0479. The Bertz CT molecular complexity index is 287. The average Bonchev–Trinajstić information content (AvgIpc) is 2.64. The maximum absolute atomic E-state index is 12.4. The molecule has 1 saturated carbocycles. The van der Waals surface area contributed by atoms with Crippen LogP contribution in [0.1, 0.15) is 51.9 Å². The third-order valence-electron chi connectivity index (χ3n) is 4.79. The van der Waals surface area contributed by atoms with Crippen molar-refractivity contribution in [3.8, 4) is 0 Å². The van der Waals surface area contributed by atoms with Crippen LogP contribution in [-0.2, 0) is 4.79 Å². The molecule has 4 heteroatoms. The molecule has 1 aliphatic carbocycles. The summed E-state index contributed by atoms with van der Waals surface area (Å²) in [6, 6.07) is 0.434. The van der Waals surface area contributed by atoms with Gasteiger partial charge in [0.2, 0.25) is 5.91 Å². The van der Waals surface area contributed by atoms with Crippen LogP contribution < -0.4 is 11.1 Å². The van der Waals surface area contributed by atoms with E-state index >= 15 is 0 Å². The lowest BCUT2D eigenvalue weighted by atomic mass is 9.93. The van der Waals surface area contributed by atoms with Crippen LogP contribution in [0.2, 0.25) is 0 Å². The van der Waals surface area contributed by atoms with E-state index in [0.717, 1.165) is 51.7 Å². The average molecular weight is 267 g/mol. The Balaban J connectivity index is 1.80. The van der Waals surface area contributed by atoms with Gasteiger partial charge in [-0.25, -0.2) is 0 Å². The van der Waals surface area contributed by atoms with Gasteiger partial charge in [-0.05, 0) is 32.2 Å². The third kappa shape index (κ3) is 4.18. The number of piperidine rings is 1. The fraction of sp³-hybridized carbons (Fsp3) is 0.933. The molecule has 0 aromatic heterocycles. The third-order valence-corrected chi connectivity index (χ3v) is 4.79. The summed E-state index contributed by atoms with van der Waals surface area (Å²) >= 11 is 0. The Morgan fingerprint density at radius 1 is 1.16 bits per heavy atom. The van der Waals surface area contributed by atoms with E-state index in [2.05, 4.69) is 17.1 Å². The molecule has 0 radical (unpaired) electrons. The highest BCUT2D eigenvalue weighted by Gasteiger charge is 2.29. The van der Waals surface area contributed by atoms with Crippen LogP contribution in [0.3, 0.4) is 0 Å². The zero-order valence-electron chi connectivity index (χ0n) is 12.2. The number of nitrogens with zero attached hydrogens (tertiary/aromatic N) is 1. The number of nitrogens with two attached hydrogens (primary N) is 1. The van der Waals surface area contributed by atoms with Crippen molar-refractivity contribution in [1.82, 2.24) is 10.2 Å². The van der Waals surface area contributed by atoms with E-state index in [1.807, 2.05) is 0 Å².